The zero-order valence-corrected chi connectivity index (χ0v) is 15.1. The van der Waals surface area contributed by atoms with E-state index in [1.54, 1.807) is 12.1 Å². The average molecular weight is 368 g/mol. The summed E-state index contributed by atoms with van der Waals surface area (Å²) in [6, 6.07) is 9.62. The molecule has 0 aliphatic rings. The molecule has 3 rings (SSSR count). The van der Waals surface area contributed by atoms with E-state index in [0.29, 0.717) is 41.6 Å². The minimum absolute atomic E-state index is 0.0347. The van der Waals surface area contributed by atoms with E-state index in [-0.39, 0.29) is 10.9 Å². The smallest absolute Gasteiger partial charge is 0.335 e. The minimum atomic E-state index is -1.10. The fraction of sp³-hybridized carbons (Fsp3) is 0.250. The van der Waals surface area contributed by atoms with Crippen LogP contribution in [0.15, 0.2) is 41.2 Å². The topological polar surface area (TPSA) is 102 Å². The molecule has 0 atom stereocenters. The van der Waals surface area contributed by atoms with Crippen molar-refractivity contribution in [1.29, 1.82) is 0 Å². The maximum Gasteiger partial charge on any atom is 0.335 e. The Morgan fingerprint density at radius 1 is 1.15 bits per heavy atom. The first kappa shape index (κ1) is 18.4. The van der Waals surface area contributed by atoms with E-state index in [1.165, 1.54) is 18.2 Å². The van der Waals surface area contributed by atoms with Crippen molar-refractivity contribution in [1.82, 2.24) is 9.97 Å². The van der Waals surface area contributed by atoms with Gasteiger partial charge in [0.2, 0.25) is 0 Å². The van der Waals surface area contributed by atoms with Gasteiger partial charge in [0.25, 0.3) is 5.56 Å². The molecule has 0 unspecified atom stereocenters. The molecule has 0 saturated heterocycles. The summed E-state index contributed by atoms with van der Waals surface area (Å²) in [7, 11) is 0. The first-order valence-electron chi connectivity index (χ1n) is 8.70. The van der Waals surface area contributed by atoms with Crippen LogP contribution in [0.2, 0.25) is 0 Å². The van der Waals surface area contributed by atoms with Crippen LogP contribution in [-0.4, -0.2) is 34.3 Å². The van der Waals surface area contributed by atoms with Crippen molar-refractivity contribution in [3.8, 4) is 22.9 Å². The van der Waals surface area contributed by atoms with Gasteiger partial charge < -0.3 is 19.6 Å². The molecule has 27 heavy (non-hydrogen) atoms. The van der Waals surface area contributed by atoms with E-state index in [4.69, 9.17) is 14.6 Å². The molecular weight excluding hydrogens is 348 g/mol. The van der Waals surface area contributed by atoms with Crippen molar-refractivity contribution < 1.29 is 19.4 Å². The van der Waals surface area contributed by atoms with Crippen LogP contribution in [0.3, 0.4) is 0 Å². The van der Waals surface area contributed by atoms with E-state index >= 15 is 0 Å². The zero-order valence-electron chi connectivity index (χ0n) is 15.1. The highest BCUT2D eigenvalue weighted by atomic mass is 16.5. The minimum Gasteiger partial charge on any atom is -0.494 e. The maximum absolute atomic E-state index is 12.5. The summed E-state index contributed by atoms with van der Waals surface area (Å²) in [6.07, 6.45) is 0.875. The summed E-state index contributed by atoms with van der Waals surface area (Å²) in [5, 5.41) is 9.32. The number of hydrogen-bond acceptors (Lipinski definition) is 5. The molecule has 0 amide bonds. The van der Waals surface area contributed by atoms with Crippen LogP contribution in [0, 0.1) is 0 Å². The second kappa shape index (κ2) is 7.90. The van der Waals surface area contributed by atoms with Crippen molar-refractivity contribution in [3.63, 3.8) is 0 Å². The first-order chi connectivity index (χ1) is 13.0. The van der Waals surface area contributed by atoms with Crippen molar-refractivity contribution in [2.45, 2.75) is 20.3 Å². The van der Waals surface area contributed by atoms with Crippen LogP contribution < -0.4 is 15.0 Å². The predicted molar refractivity (Wildman–Crippen MR) is 102 cm³/mol. The number of hydrogen-bond donors (Lipinski definition) is 2. The lowest BCUT2D eigenvalue weighted by Crippen LogP contribution is -2.11. The quantitative estimate of drug-likeness (QED) is 0.662. The molecule has 0 bridgehead atoms. The molecule has 7 nitrogen and oxygen atoms in total. The molecule has 0 fully saturated rings. The molecule has 3 aromatic rings. The number of benzene rings is 2. The van der Waals surface area contributed by atoms with Gasteiger partial charge in [-0.3, -0.25) is 4.79 Å². The number of carboxylic acids is 1. The molecular formula is C20H20N2O5. The van der Waals surface area contributed by atoms with Crippen LogP contribution in [0.25, 0.3) is 22.3 Å². The van der Waals surface area contributed by atoms with Gasteiger partial charge >= 0.3 is 5.97 Å². The Bertz CT molecular complexity index is 1040. The summed E-state index contributed by atoms with van der Waals surface area (Å²) in [5.74, 6) is 0.464. The van der Waals surface area contributed by atoms with Crippen molar-refractivity contribution in [3.05, 3.63) is 52.3 Å². The summed E-state index contributed by atoms with van der Waals surface area (Å²) in [5.41, 5.74) is 0.626. The van der Waals surface area contributed by atoms with Crippen LogP contribution >= 0.6 is 0 Å². The van der Waals surface area contributed by atoms with Crippen LogP contribution in [-0.2, 0) is 0 Å². The van der Waals surface area contributed by atoms with Gasteiger partial charge in [-0.15, -0.1) is 0 Å². The number of aromatic amines is 1. The number of nitrogens with one attached hydrogen (secondary N) is 1. The Hall–Kier alpha value is -3.35. The Morgan fingerprint density at radius 3 is 2.67 bits per heavy atom. The van der Waals surface area contributed by atoms with E-state index in [1.807, 2.05) is 19.9 Å². The molecule has 2 aromatic carbocycles. The van der Waals surface area contributed by atoms with Crippen molar-refractivity contribution in [2.24, 2.45) is 0 Å². The number of aromatic nitrogens is 2. The number of carboxylic acid groups (broad SMARTS) is 1. The fourth-order valence-corrected chi connectivity index (χ4v) is 2.68. The Morgan fingerprint density at radius 2 is 1.96 bits per heavy atom. The van der Waals surface area contributed by atoms with E-state index in [0.717, 1.165) is 6.42 Å². The highest BCUT2D eigenvalue weighted by Crippen LogP contribution is 2.32. The number of carbonyl (C=O) groups is 1. The molecule has 0 radical (unpaired) electrons. The number of rotatable bonds is 7. The highest BCUT2D eigenvalue weighted by molar-refractivity contribution is 5.93. The fourth-order valence-electron chi connectivity index (χ4n) is 2.68. The highest BCUT2D eigenvalue weighted by Gasteiger charge is 2.14. The van der Waals surface area contributed by atoms with Gasteiger partial charge in [0, 0.05) is 0 Å². The zero-order chi connectivity index (χ0) is 19.4. The number of aromatic carboxylic acids is 1. The van der Waals surface area contributed by atoms with Crippen molar-refractivity contribution in [2.75, 3.05) is 13.2 Å². The predicted octanol–water partition coefficient (Wildman–Crippen LogP) is 3.48. The Kier molecular flexibility index (Phi) is 5.40. The molecule has 0 aliphatic carbocycles. The van der Waals surface area contributed by atoms with Gasteiger partial charge in [0.05, 0.1) is 35.2 Å². The van der Waals surface area contributed by atoms with Gasteiger partial charge in [-0.05, 0) is 49.7 Å². The third kappa shape index (κ3) is 3.92. The lowest BCUT2D eigenvalue weighted by molar-refractivity contribution is 0.0697. The van der Waals surface area contributed by atoms with Gasteiger partial charge in [0.15, 0.2) is 0 Å². The normalized spacial score (nSPS) is 10.7. The Balaban J connectivity index is 2.14. The van der Waals surface area contributed by atoms with Crippen LogP contribution in [0.4, 0.5) is 0 Å². The summed E-state index contributed by atoms with van der Waals surface area (Å²) >= 11 is 0. The van der Waals surface area contributed by atoms with E-state index < -0.39 is 11.5 Å². The number of ether oxygens (including phenoxy) is 2. The molecule has 1 heterocycles. The summed E-state index contributed by atoms with van der Waals surface area (Å²) in [6.45, 7) is 4.92. The van der Waals surface area contributed by atoms with E-state index in [9.17, 15) is 9.59 Å². The maximum atomic E-state index is 12.5. The van der Waals surface area contributed by atoms with Gasteiger partial charge in [-0.2, -0.15) is 0 Å². The molecule has 1 aromatic heterocycles. The lowest BCUT2D eigenvalue weighted by atomic mass is 10.1. The summed E-state index contributed by atoms with van der Waals surface area (Å²) in [4.78, 5) is 30.8. The number of fused-ring (bicyclic) bond motifs is 1. The van der Waals surface area contributed by atoms with E-state index in [2.05, 4.69) is 9.97 Å². The SMILES string of the molecule is CCCOc1ccc(OCC)c(-c2nc3ccc(C(=O)O)cc3c(=O)[nH]2)c1. The first-order valence-corrected chi connectivity index (χ1v) is 8.70. The van der Waals surface area contributed by atoms with Gasteiger partial charge in [-0.25, -0.2) is 9.78 Å². The molecule has 2 N–H and O–H groups in total. The monoisotopic (exact) mass is 368 g/mol. The second-order valence-corrected chi connectivity index (χ2v) is 5.89. The average Bonchev–Trinajstić information content (AvgIpc) is 2.67. The lowest BCUT2D eigenvalue weighted by Gasteiger charge is -2.13. The number of nitrogens with zero attached hydrogens (tertiary/aromatic N) is 1. The number of H-pyrrole nitrogens is 1. The van der Waals surface area contributed by atoms with Crippen LogP contribution in [0.1, 0.15) is 30.6 Å². The Labute approximate surface area is 155 Å². The molecule has 7 heteroatoms. The largest absolute Gasteiger partial charge is 0.494 e. The molecule has 0 spiro atoms. The molecule has 0 saturated carbocycles. The molecule has 0 aliphatic heterocycles. The van der Waals surface area contributed by atoms with Gasteiger partial charge in [0.1, 0.15) is 17.3 Å². The third-order valence-corrected chi connectivity index (χ3v) is 3.93. The standard InChI is InChI=1S/C20H20N2O5/c1-3-9-27-13-6-8-17(26-4-2)15(11-13)18-21-16-7-5-12(20(24)25)10-14(16)19(23)22-18/h5-8,10-11H,3-4,9H2,1-2H3,(H,24,25)(H,21,22,23). The van der Waals surface area contributed by atoms with Gasteiger partial charge in [-0.1, -0.05) is 6.92 Å². The van der Waals surface area contributed by atoms with Crippen LogP contribution in [0.5, 0.6) is 11.5 Å². The molecule has 140 valence electrons. The summed E-state index contributed by atoms with van der Waals surface area (Å²) < 4.78 is 11.3. The second-order valence-electron chi connectivity index (χ2n) is 5.89. The van der Waals surface area contributed by atoms with Crippen molar-refractivity contribution >= 4 is 16.9 Å². The third-order valence-electron chi connectivity index (χ3n) is 3.93.